The third-order valence-corrected chi connectivity index (χ3v) is 13.8. The van der Waals surface area contributed by atoms with E-state index in [4.69, 9.17) is 0 Å². The zero-order valence-electron chi connectivity index (χ0n) is 34.5. The fourth-order valence-electron chi connectivity index (χ4n) is 9.72. The minimum atomic E-state index is 1.04. The van der Waals surface area contributed by atoms with Gasteiger partial charge in [-0.1, -0.05) is 147 Å². The fourth-order valence-corrected chi connectivity index (χ4v) is 10.8. The monoisotopic (exact) mass is 820 g/mol. The summed E-state index contributed by atoms with van der Waals surface area (Å²) in [4.78, 5) is 0. The van der Waals surface area contributed by atoms with Crippen molar-refractivity contribution in [1.82, 2.24) is 9.13 Å². The lowest BCUT2D eigenvalue weighted by atomic mass is 9.94. The van der Waals surface area contributed by atoms with Crippen molar-refractivity contribution in [2.45, 2.75) is 0 Å². The number of hydrogen-bond donors (Lipinski definition) is 0. The summed E-state index contributed by atoms with van der Waals surface area (Å²) in [6.45, 7) is 8.35. The summed E-state index contributed by atoms with van der Waals surface area (Å²) in [5, 5.41) is 6.23. The predicted molar refractivity (Wildman–Crippen MR) is 272 cm³/mol. The molecule has 0 fully saturated rings. The molecule has 0 aliphatic rings. The van der Waals surface area contributed by atoms with Crippen LogP contribution in [-0.2, 0) is 0 Å². The number of benzene rings is 9. The molecule has 0 aliphatic heterocycles. The third-order valence-electron chi connectivity index (χ3n) is 12.7. The van der Waals surface area contributed by atoms with E-state index in [-0.39, 0.29) is 0 Å². The van der Waals surface area contributed by atoms with Crippen LogP contribution in [0.1, 0.15) is 11.3 Å². The molecule has 63 heavy (non-hydrogen) atoms. The summed E-state index contributed by atoms with van der Waals surface area (Å²) < 4.78 is 7.36. The molecular formula is C60H40N2S. The summed E-state index contributed by atoms with van der Waals surface area (Å²) in [5.74, 6) is 0. The van der Waals surface area contributed by atoms with Gasteiger partial charge < -0.3 is 9.13 Å². The molecule has 0 unspecified atom stereocenters. The Morgan fingerprint density at radius 1 is 0.317 bits per heavy atom. The SMILES string of the molecule is C=Cc1c(C=C)n(-c2ccc3c(c2)c2ccccc2n3-c2cccc(-c3cccc(-c4cccc(-c5cccc(-c6ccc7sc8ccccc8c7c6)c5)c4)c3)c2)c2ccccc12. The van der Waals surface area contributed by atoms with Gasteiger partial charge in [-0.3, -0.25) is 0 Å². The first kappa shape index (κ1) is 36.8. The lowest BCUT2D eigenvalue weighted by Crippen LogP contribution is -1.98. The Morgan fingerprint density at radius 3 is 1.44 bits per heavy atom. The first-order valence-electron chi connectivity index (χ1n) is 21.4. The zero-order valence-corrected chi connectivity index (χ0v) is 35.3. The summed E-state index contributed by atoms with van der Waals surface area (Å²) in [7, 11) is 0. The second kappa shape index (κ2) is 14.9. The van der Waals surface area contributed by atoms with Crippen LogP contribution in [0.15, 0.2) is 219 Å². The van der Waals surface area contributed by atoms with E-state index in [0.29, 0.717) is 0 Å². The van der Waals surface area contributed by atoms with Crippen molar-refractivity contribution >= 4 is 76.4 Å². The molecule has 9 aromatic carbocycles. The molecule has 296 valence electrons. The van der Waals surface area contributed by atoms with Crippen LogP contribution in [0.4, 0.5) is 0 Å². The number of fused-ring (bicyclic) bond motifs is 7. The van der Waals surface area contributed by atoms with Gasteiger partial charge in [0.05, 0.1) is 22.2 Å². The van der Waals surface area contributed by atoms with Crippen molar-refractivity contribution in [1.29, 1.82) is 0 Å². The van der Waals surface area contributed by atoms with Gasteiger partial charge in [0, 0.05) is 53.3 Å². The van der Waals surface area contributed by atoms with Gasteiger partial charge in [0.1, 0.15) is 0 Å². The Balaban J connectivity index is 0.894. The number of thiophene rings is 1. The van der Waals surface area contributed by atoms with Gasteiger partial charge in [-0.25, -0.2) is 0 Å². The van der Waals surface area contributed by atoms with Crippen molar-refractivity contribution in [2.75, 3.05) is 0 Å². The lowest BCUT2D eigenvalue weighted by Gasteiger charge is -2.13. The zero-order chi connectivity index (χ0) is 42.0. The fraction of sp³-hybridized carbons (Fsp3) is 0. The van der Waals surface area contributed by atoms with Crippen LogP contribution in [0.25, 0.3) is 121 Å². The van der Waals surface area contributed by atoms with Crippen molar-refractivity contribution in [2.24, 2.45) is 0 Å². The highest BCUT2D eigenvalue weighted by Crippen LogP contribution is 2.40. The number of hydrogen-bond acceptors (Lipinski definition) is 1. The summed E-state index contributed by atoms with van der Waals surface area (Å²) in [6, 6.07) is 75.4. The van der Waals surface area contributed by atoms with Gasteiger partial charge in [0.15, 0.2) is 0 Å². The maximum Gasteiger partial charge on any atom is 0.0542 e. The topological polar surface area (TPSA) is 9.86 Å². The lowest BCUT2D eigenvalue weighted by molar-refractivity contribution is 1.11. The maximum absolute atomic E-state index is 4.20. The van der Waals surface area contributed by atoms with Gasteiger partial charge in [-0.15, -0.1) is 11.3 Å². The third kappa shape index (κ3) is 6.08. The molecule has 0 atom stereocenters. The first-order chi connectivity index (χ1) is 31.1. The molecule has 12 rings (SSSR count). The second-order valence-electron chi connectivity index (χ2n) is 16.2. The molecule has 0 amide bonds. The molecular weight excluding hydrogens is 781 g/mol. The van der Waals surface area contributed by atoms with Gasteiger partial charge >= 0.3 is 0 Å². The summed E-state index contributed by atoms with van der Waals surface area (Å²) >= 11 is 1.86. The predicted octanol–water partition coefficient (Wildman–Crippen LogP) is 17.0. The number of rotatable bonds is 8. The van der Waals surface area contributed by atoms with E-state index in [0.717, 1.165) is 33.7 Å². The van der Waals surface area contributed by atoms with Gasteiger partial charge in [0.2, 0.25) is 0 Å². The molecule has 3 heterocycles. The first-order valence-corrected chi connectivity index (χ1v) is 22.2. The minimum absolute atomic E-state index is 1.04. The molecule has 12 aromatic rings. The molecule has 0 radical (unpaired) electrons. The highest BCUT2D eigenvalue weighted by Gasteiger charge is 2.18. The van der Waals surface area contributed by atoms with Crippen LogP contribution in [-0.4, -0.2) is 9.13 Å². The van der Waals surface area contributed by atoms with Crippen molar-refractivity contribution in [3.8, 4) is 55.9 Å². The average molecular weight is 821 g/mol. The normalized spacial score (nSPS) is 11.6. The summed E-state index contributed by atoms with van der Waals surface area (Å²) in [5.41, 5.74) is 17.4. The Hall–Kier alpha value is -7.98. The van der Waals surface area contributed by atoms with Crippen LogP contribution >= 0.6 is 11.3 Å². The molecule has 0 saturated heterocycles. The minimum Gasteiger partial charge on any atom is -0.309 e. The van der Waals surface area contributed by atoms with Crippen molar-refractivity contribution in [3.63, 3.8) is 0 Å². The number of para-hydroxylation sites is 2. The van der Waals surface area contributed by atoms with Crippen LogP contribution in [0.2, 0.25) is 0 Å². The molecule has 2 nitrogen and oxygen atoms in total. The standard InChI is InChI=1S/C60H40N2S/c1-3-49-50-23-5-8-26-56(50)61(55(49)4-2)48-30-31-58-53(38-48)51-24-6-9-27-57(51)62(58)47-22-14-21-45(36-47)43-19-12-17-41(34-43)39-15-11-16-40(33-39)42-18-13-20-44(35-42)46-29-32-60-54(37-46)52-25-7-10-28-59(52)63-60/h3-38H,1-2H2. The van der Waals surface area contributed by atoms with E-state index in [9.17, 15) is 0 Å². The molecule has 0 bridgehead atoms. The Bertz CT molecular complexity index is 3800. The van der Waals surface area contributed by atoms with E-state index < -0.39 is 0 Å². The van der Waals surface area contributed by atoms with Gasteiger partial charge in [-0.05, 0) is 129 Å². The van der Waals surface area contributed by atoms with Crippen molar-refractivity contribution < 1.29 is 0 Å². The Morgan fingerprint density at radius 2 is 0.810 bits per heavy atom. The van der Waals surface area contributed by atoms with E-state index in [1.54, 1.807) is 0 Å². The molecule has 0 spiro atoms. The maximum atomic E-state index is 4.20. The quantitative estimate of drug-likeness (QED) is 0.145. The number of aromatic nitrogens is 2. The summed E-state index contributed by atoms with van der Waals surface area (Å²) in [6.07, 6.45) is 3.88. The largest absolute Gasteiger partial charge is 0.309 e. The average Bonchev–Trinajstić information content (AvgIpc) is 4.01. The van der Waals surface area contributed by atoms with E-state index in [1.807, 2.05) is 23.5 Å². The Labute approximate surface area is 370 Å². The van der Waals surface area contributed by atoms with E-state index >= 15 is 0 Å². The molecule has 0 saturated carbocycles. The van der Waals surface area contributed by atoms with E-state index in [2.05, 4.69) is 229 Å². The molecule has 0 aliphatic carbocycles. The van der Waals surface area contributed by atoms with Crippen LogP contribution < -0.4 is 0 Å². The van der Waals surface area contributed by atoms with Crippen LogP contribution in [0, 0.1) is 0 Å². The Kier molecular flexibility index (Phi) is 8.70. The highest BCUT2D eigenvalue weighted by molar-refractivity contribution is 7.25. The molecule has 3 heteroatoms. The van der Waals surface area contributed by atoms with E-state index in [1.165, 1.54) is 86.4 Å². The van der Waals surface area contributed by atoms with Crippen LogP contribution in [0.3, 0.4) is 0 Å². The van der Waals surface area contributed by atoms with Gasteiger partial charge in [-0.2, -0.15) is 0 Å². The smallest absolute Gasteiger partial charge is 0.0542 e. The van der Waals surface area contributed by atoms with Crippen molar-refractivity contribution in [3.05, 3.63) is 231 Å². The van der Waals surface area contributed by atoms with Gasteiger partial charge in [0.25, 0.3) is 0 Å². The number of nitrogens with zero attached hydrogens (tertiary/aromatic N) is 2. The molecule has 0 N–H and O–H groups in total. The molecule has 3 aromatic heterocycles. The second-order valence-corrected chi connectivity index (χ2v) is 17.3. The highest BCUT2D eigenvalue weighted by atomic mass is 32.1. The van der Waals surface area contributed by atoms with Crippen LogP contribution in [0.5, 0.6) is 0 Å².